The minimum absolute atomic E-state index is 0.00479. The highest BCUT2D eigenvalue weighted by atomic mass is 16.6. The molecule has 0 radical (unpaired) electrons. The molecule has 0 aromatic carbocycles. The maximum absolute atomic E-state index is 11.9. The Kier molecular flexibility index (Phi) is 8.51. The molecule has 1 aliphatic rings. The monoisotopic (exact) mass is 312 g/mol. The van der Waals surface area contributed by atoms with E-state index in [1.54, 1.807) is 0 Å². The fourth-order valence-electron chi connectivity index (χ4n) is 2.93. The minimum atomic E-state index is -0.0844. The predicted octanol–water partition coefficient (Wildman–Crippen LogP) is 4.26. The topological polar surface area (TPSA) is 52.6 Å². The molecule has 0 amide bonds. The highest BCUT2D eigenvalue weighted by Gasteiger charge is 2.28. The molecule has 0 aromatic heterocycles. The van der Waals surface area contributed by atoms with Crippen molar-refractivity contribution in [2.45, 2.75) is 91.3 Å². The number of rotatable bonds is 8. The van der Waals surface area contributed by atoms with Gasteiger partial charge in [-0.25, -0.2) is 0 Å². The molecule has 0 spiro atoms. The zero-order chi connectivity index (χ0) is 16.5. The van der Waals surface area contributed by atoms with Crippen molar-refractivity contribution in [1.29, 1.82) is 0 Å². The molecular formula is C18H32O4. The third kappa shape index (κ3) is 6.37. The standard InChI is InChI=1S/C18H32O4/c1-5-7-13(3)17(19)21-15-9-11-16(12-10-15)22-18(20)14(4)8-6-2/h13-16H,5-12H2,1-4H3. The van der Waals surface area contributed by atoms with Gasteiger partial charge in [-0.3, -0.25) is 9.59 Å². The van der Waals surface area contributed by atoms with Crippen LogP contribution in [0.5, 0.6) is 0 Å². The Morgan fingerprint density at radius 1 is 0.818 bits per heavy atom. The van der Waals surface area contributed by atoms with Crippen molar-refractivity contribution >= 4 is 11.9 Å². The summed E-state index contributed by atoms with van der Waals surface area (Å²) >= 11 is 0. The van der Waals surface area contributed by atoms with Gasteiger partial charge in [-0.2, -0.15) is 0 Å². The SMILES string of the molecule is CCCC(C)C(=O)OC1CCC(OC(=O)C(C)CCC)CC1. The highest BCUT2D eigenvalue weighted by molar-refractivity contribution is 5.72. The highest BCUT2D eigenvalue weighted by Crippen LogP contribution is 2.25. The maximum atomic E-state index is 11.9. The van der Waals surface area contributed by atoms with E-state index in [9.17, 15) is 9.59 Å². The van der Waals surface area contributed by atoms with E-state index in [2.05, 4.69) is 13.8 Å². The zero-order valence-electron chi connectivity index (χ0n) is 14.6. The van der Waals surface area contributed by atoms with Crippen molar-refractivity contribution in [3.8, 4) is 0 Å². The van der Waals surface area contributed by atoms with Gasteiger partial charge in [-0.05, 0) is 38.5 Å². The Morgan fingerprint density at radius 3 is 1.41 bits per heavy atom. The Balaban J connectivity index is 2.28. The molecule has 0 aromatic rings. The number of hydrogen-bond acceptors (Lipinski definition) is 4. The third-order valence-electron chi connectivity index (χ3n) is 4.43. The smallest absolute Gasteiger partial charge is 0.308 e. The largest absolute Gasteiger partial charge is 0.462 e. The molecule has 0 heterocycles. The summed E-state index contributed by atoms with van der Waals surface area (Å²) in [5.74, 6) is -0.205. The van der Waals surface area contributed by atoms with E-state index in [1.165, 1.54) is 0 Å². The average Bonchev–Trinajstić information content (AvgIpc) is 2.49. The lowest BCUT2D eigenvalue weighted by molar-refractivity contribution is -0.163. The van der Waals surface area contributed by atoms with Crippen LogP contribution >= 0.6 is 0 Å². The van der Waals surface area contributed by atoms with Gasteiger partial charge < -0.3 is 9.47 Å². The van der Waals surface area contributed by atoms with Crippen LogP contribution in [-0.2, 0) is 19.1 Å². The fraction of sp³-hybridized carbons (Fsp3) is 0.889. The van der Waals surface area contributed by atoms with Crippen LogP contribution in [0.1, 0.15) is 79.1 Å². The van der Waals surface area contributed by atoms with Crippen molar-refractivity contribution in [1.82, 2.24) is 0 Å². The van der Waals surface area contributed by atoms with Crippen LogP contribution in [0.15, 0.2) is 0 Å². The van der Waals surface area contributed by atoms with E-state index >= 15 is 0 Å². The molecule has 1 fully saturated rings. The van der Waals surface area contributed by atoms with E-state index < -0.39 is 0 Å². The summed E-state index contributed by atoms with van der Waals surface area (Å²) in [6.45, 7) is 7.99. The van der Waals surface area contributed by atoms with Crippen LogP contribution in [0, 0.1) is 11.8 Å². The molecule has 2 unspecified atom stereocenters. The van der Waals surface area contributed by atoms with Gasteiger partial charge in [-0.1, -0.05) is 40.5 Å². The van der Waals surface area contributed by atoms with Crippen molar-refractivity contribution in [3.05, 3.63) is 0 Å². The Morgan fingerprint density at radius 2 is 1.14 bits per heavy atom. The average molecular weight is 312 g/mol. The van der Waals surface area contributed by atoms with E-state index in [-0.39, 0.29) is 36.0 Å². The second-order valence-corrected chi connectivity index (χ2v) is 6.65. The molecule has 4 nitrogen and oxygen atoms in total. The van der Waals surface area contributed by atoms with Crippen LogP contribution in [-0.4, -0.2) is 24.1 Å². The van der Waals surface area contributed by atoms with Gasteiger partial charge >= 0.3 is 11.9 Å². The summed E-state index contributed by atoms with van der Waals surface area (Å²) in [7, 11) is 0. The van der Waals surface area contributed by atoms with Crippen LogP contribution in [0.2, 0.25) is 0 Å². The van der Waals surface area contributed by atoms with Gasteiger partial charge in [0, 0.05) is 0 Å². The number of hydrogen-bond donors (Lipinski definition) is 0. The molecule has 0 saturated heterocycles. The van der Waals surface area contributed by atoms with Gasteiger partial charge in [-0.15, -0.1) is 0 Å². The summed E-state index contributed by atoms with van der Waals surface area (Å²) in [6, 6.07) is 0. The first-order valence-electron chi connectivity index (χ1n) is 8.88. The molecule has 0 aliphatic heterocycles. The summed E-state index contributed by atoms with van der Waals surface area (Å²) in [4.78, 5) is 23.8. The first-order chi connectivity index (χ1) is 10.5. The van der Waals surface area contributed by atoms with Gasteiger partial charge in [0.1, 0.15) is 12.2 Å². The number of carbonyl (C=O) groups is 2. The quantitative estimate of drug-likeness (QED) is 0.628. The zero-order valence-corrected chi connectivity index (χ0v) is 14.6. The molecule has 4 heteroatoms. The Hall–Kier alpha value is -1.06. The Labute approximate surface area is 134 Å². The first kappa shape index (κ1) is 19.0. The summed E-state index contributed by atoms with van der Waals surface area (Å²) in [6.07, 6.45) is 6.92. The molecule has 2 atom stereocenters. The van der Waals surface area contributed by atoms with Crippen molar-refractivity contribution in [2.24, 2.45) is 11.8 Å². The molecule has 128 valence electrons. The number of esters is 2. The van der Waals surface area contributed by atoms with Gasteiger partial charge in [0.25, 0.3) is 0 Å². The molecule has 1 aliphatic carbocycles. The van der Waals surface area contributed by atoms with E-state index in [4.69, 9.17) is 9.47 Å². The first-order valence-corrected chi connectivity index (χ1v) is 8.88. The second-order valence-electron chi connectivity index (χ2n) is 6.65. The number of ether oxygens (including phenoxy) is 2. The van der Waals surface area contributed by atoms with Gasteiger partial charge in [0.2, 0.25) is 0 Å². The summed E-state index contributed by atoms with van der Waals surface area (Å²) < 4.78 is 11.1. The van der Waals surface area contributed by atoms with Crippen LogP contribution in [0.3, 0.4) is 0 Å². The van der Waals surface area contributed by atoms with E-state index in [0.717, 1.165) is 51.4 Å². The third-order valence-corrected chi connectivity index (χ3v) is 4.43. The summed E-state index contributed by atoms with van der Waals surface area (Å²) in [5.41, 5.74) is 0. The molecule has 0 bridgehead atoms. The Bertz CT molecular complexity index is 311. The van der Waals surface area contributed by atoms with E-state index in [0.29, 0.717) is 0 Å². The second kappa shape index (κ2) is 9.86. The lowest BCUT2D eigenvalue weighted by Crippen LogP contribution is -2.32. The van der Waals surface area contributed by atoms with Crippen molar-refractivity contribution in [3.63, 3.8) is 0 Å². The van der Waals surface area contributed by atoms with Gasteiger partial charge in [0.15, 0.2) is 0 Å². The maximum Gasteiger partial charge on any atom is 0.308 e. The van der Waals surface area contributed by atoms with E-state index in [1.807, 2.05) is 13.8 Å². The molecular weight excluding hydrogens is 280 g/mol. The fourth-order valence-corrected chi connectivity index (χ4v) is 2.93. The van der Waals surface area contributed by atoms with Gasteiger partial charge in [0.05, 0.1) is 11.8 Å². The van der Waals surface area contributed by atoms with Crippen LogP contribution < -0.4 is 0 Å². The lowest BCUT2D eigenvalue weighted by Gasteiger charge is -2.29. The minimum Gasteiger partial charge on any atom is -0.462 e. The predicted molar refractivity (Wildman–Crippen MR) is 86.4 cm³/mol. The van der Waals surface area contributed by atoms with Crippen LogP contribution in [0.25, 0.3) is 0 Å². The van der Waals surface area contributed by atoms with Crippen molar-refractivity contribution < 1.29 is 19.1 Å². The van der Waals surface area contributed by atoms with Crippen LogP contribution in [0.4, 0.5) is 0 Å². The summed E-state index contributed by atoms with van der Waals surface area (Å²) in [5, 5.41) is 0. The molecule has 22 heavy (non-hydrogen) atoms. The molecule has 1 saturated carbocycles. The lowest BCUT2D eigenvalue weighted by atomic mass is 9.94. The molecule has 0 N–H and O–H groups in total. The molecule has 1 rings (SSSR count). The number of carbonyl (C=O) groups excluding carboxylic acids is 2. The van der Waals surface area contributed by atoms with Crippen molar-refractivity contribution in [2.75, 3.05) is 0 Å². The normalized spacial score (nSPS) is 24.4.